The van der Waals surface area contributed by atoms with Gasteiger partial charge in [0, 0.05) is 62.9 Å². The third kappa shape index (κ3) is 5.00. The molecule has 1 aromatic heterocycles. The summed E-state index contributed by atoms with van der Waals surface area (Å²) in [6.07, 6.45) is 6.41. The van der Waals surface area contributed by atoms with Crippen molar-refractivity contribution in [3.8, 4) is 0 Å². The second-order valence-electron chi connectivity index (χ2n) is 15.5. The number of allylic oxidation sites excluding steroid dienone is 1. The fraction of sp³-hybridized carbons (Fsp3) is 0.0980. The molecule has 7 aromatic carbocycles. The Bertz CT molecular complexity index is 2860. The van der Waals surface area contributed by atoms with Gasteiger partial charge in [0.05, 0.1) is 5.69 Å². The predicted octanol–water partition coefficient (Wildman–Crippen LogP) is 11.9. The Morgan fingerprint density at radius 1 is 0.554 bits per heavy atom. The van der Waals surface area contributed by atoms with E-state index in [0.717, 1.165) is 52.3 Å². The second kappa shape index (κ2) is 12.7. The second-order valence-corrected chi connectivity index (χ2v) is 15.5. The van der Waals surface area contributed by atoms with Crippen molar-refractivity contribution in [2.24, 2.45) is 0 Å². The van der Waals surface area contributed by atoms with E-state index in [1.165, 1.54) is 67.1 Å². The van der Waals surface area contributed by atoms with Gasteiger partial charge in [0.1, 0.15) is 5.76 Å². The average Bonchev–Trinajstić information content (AvgIpc) is 3.62. The minimum atomic E-state index is 0.0424. The lowest BCUT2D eigenvalue weighted by molar-refractivity contribution is 0.546. The quantitative estimate of drug-likeness (QED) is 0.165. The van der Waals surface area contributed by atoms with Gasteiger partial charge in [-0.1, -0.05) is 108 Å². The summed E-state index contributed by atoms with van der Waals surface area (Å²) >= 11 is 0. The molecule has 56 heavy (non-hydrogen) atoms. The van der Waals surface area contributed by atoms with E-state index in [1.807, 2.05) is 0 Å². The van der Waals surface area contributed by atoms with E-state index >= 15 is 0 Å². The van der Waals surface area contributed by atoms with Crippen LogP contribution in [-0.4, -0.2) is 6.71 Å². The van der Waals surface area contributed by atoms with Gasteiger partial charge >= 0.3 is 0 Å². The van der Waals surface area contributed by atoms with Gasteiger partial charge in [0.25, 0.3) is 6.71 Å². The van der Waals surface area contributed by atoms with Gasteiger partial charge in [0.15, 0.2) is 5.58 Å². The lowest BCUT2D eigenvalue weighted by atomic mass is 9.33. The molecule has 0 radical (unpaired) electrons. The van der Waals surface area contributed by atoms with Gasteiger partial charge in [-0.05, 0) is 116 Å². The van der Waals surface area contributed by atoms with Crippen LogP contribution in [-0.2, 0) is 6.42 Å². The van der Waals surface area contributed by atoms with Crippen LogP contribution in [0.2, 0.25) is 0 Å². The number of hydrogen-bond donors (Lipinski definition) is 0. The Hall–Kier alpha value is -6.72. The zero-order chi connectivity index (χ0) is 37.5. The van der Waals surface area contributed by atoms with Crippen molar-refractivity contribution in [3.05, 3.63) is 186 Å². The summed E-state index contributed by atoms with van der Waals surface area (Å²) in [5, 5.41) is 1.15. The van der Waals surface area contributed by atoms with Crippen LogP contribution in [0.4, 0.5) is 51.2 Å². The highest BCUT2D eigenvalue weighted by Gasteiger charge is 2.43. The minimum Gasteiger partial charge on any atom is -0.458 e. The predicted molar refractivity (Wildman–Crippen MR) is 236 cm³/mol. The molecule has 0 saturated carbocycles. The van der Waals surface area contributed by atoms with Crippen LogP contribution in [0.3, 0.4) is 0 Å². The van der Waals surface area contributed by atoms with Crippen LogP contribution in [0.15, 0.2) is 162 Å². The van der Waals surface area contributed by atoms with Crippen LogP contribution in [0, 0.1) is 20.8 Å². The molecule has 0 saturated heterocycles. The van der Waals surface area contributed by atoms with Crippen molar-refractivity contribution in [2.75, 3.05) is 14.7 Å². The van der Waals surface area contributed by atoms with Gasteiger partial charge in [-0.2, -0.15) is 0 Å². The molecule has 3 aliphatic rings. The average molecular weight is 722 g/mol. The molecule has 0 N–H and O–H groups in total. The zero-order valence-electron chi connectivity index (χ0n) is 31.8. The topological polar surface area (TPSA) is 22.9 Å². The summed E-state index contributed by atoms with van der Waals surface area (Å²) in [6, 6.07) is 56.1. The fourth-order valence-electron chi connectivity index (χ4n) is 9.26. The Balaban J connectivity index is 1.18. The summed E-state index contributed by atoms with van der Waals surface area (Å²) in [7, 11) is 0. The number of furan rings is 1. The molecule has 1 aliphatic carbocycles. The highest BCUT2D eigenvalue weighted by Crippen LogP contribution is 2.47. The van der Waals surface area contributed by atoms with E-state index in [0.29, 0.717) is 0 Å². The normalized spacial score (nSPS) is 13.7. The van der Waals surface area contributed by atoms with Crippen molar-refractivity contribution >= 4 is 91.3 Å². The smallest absolute Gasteiger partial charge is 0.252 e. The number of rotatable bonds is 5. The van der Waals surface area contributed by atoms with Gasteiger partial charge < -0.3 is 19.1 Å². The molecule has 3 heterocycles. The van der Waals surface area contributed by atoms with E-state index < -0.39 is 0 Å². The molecule has 0 unspecified atom stereocenters. The first kappa shape index (κ1) is 32.7. The number of para-hydroxylation sites is 2. The summed E-state index contributed by atoms with van der Waals surface area (Å²) in [6.45, 7) is 6.57. The molecule has 268 valence electrons. The van der Waals surface area contributed by atoms with Crippen LogP contribution in [0.5, 0.6) is 0 Å². The molecule has 0 spiro atoms. The molecular weight excluding hydrogens is 681 g/mol. The third-order valence-corrected chi connectivity index (χ3v) is 11.9. The van der Waals surface area contributed by atoms with Gasteiger partial charge in [-0.25, -0.2) is 0 Å². The summed E-state index contributed by atoms with van der Waals surface area (Å²) in [5.74, 6) is 1.07. The molecule has 0 bridgehead atoms. The molecular formula is C51H40BN3O. The van der Waals surface area contributed by atoms with Crippen molar-refractivity contribution in [2.45, 2.75) is 33.6 Å². The first-order valence-corrected chi connectivity index (χ1v) is 19.7. The van der Waals surface area contributed by atoms with Crippen LogP contribution in [0.1, 0.15) is 34.4 Å². The lowest BCUT2D eigenvalue weighted by Gasteiger charge is -2.44. The van der Waals surface area contributed by atoms with E-state index in [4.69, 9.17) is 4.42 Å². The summed E-state index contributed by atoms with van der Waals surface area (Å²) in [4.78, 5) is 7.33. The van der Waals surface area contributed by atoms with Crippen molar-refractivity contribution in [1.82, 2.24) is 0 Å². The molecule has 2 aliphatic heterocycles. The Morgan fingerprint density at radius 3 is 1.96 bits per heavy atom. The molecule has 5 heteroatoms. The first-order chi connectivity index (χ1) is 27.5. The number of nitrogens with zero attached hydrogens (tertiary/aromatic N) is 3. The van der Waals surface area contributed by atoms with Crippen LogP contribution in [0.25, 0.3) is 17.0 Å². The van der Waals surface area contributed by atoms with E-state index in [9.17, 15) is 0 Å². The molecule has 4 nitrogen and oxygen atoms in total. The molecule has 0 amide bonds. The molecule has 11 rings (SSSR count). The lowest BCUT2D eigenvalue weighted by Crippen LogP contribution is -2.61. The highest BCUT2D eigenvalue weighted by atomic mass is 16.3. The monoisotopic (exact) mass is 721 g/mol. The van der Waals surface area contributed by atoms with Gasteiger partial charge in [-0.15, -0.1) is 0 Å². The van der Waals surface area contributed by atoms with E-state index in [-0.39, 0.29) is 6.71 Å². The van der Waals surface area contributed by atoms with Gasteiger partial charge in [-0.3, -0.25) is 0 Å². The SMILES string of the molecule is Cc1ccc(N2c3ccc(C)cc3B3c4ccc(N(c5ccccc5)c5cccc6c7c(oc56)CCC=C7)cc4N(c4ccc(C)cc4)c4cccc2c43)cc1. The van der Waals surface area contributed by atoms with Crippen molar-refractivity contribution in [3.63, 3.8) is 0 Å². The molecule has 0 atom stereocenters. The third-order valence-electron chi connectivity index (χ3n) is 11.9. The number of hydrogen-bond acceptors (Lipinski definition) is 4. The van der Waals surface area contributed by atoms with Crippen molar-refractivity contribution in [1.29, 1.82) is 0 Å². The first-order valence-electron chi connectivity index (χ1n) is 19.7. The number of fused-ring (bicyclic) bond motifs is 7. The number of aryl methyl sites for hydroxylation is 4. The fourth-order valence-corrected chi connectivity index (χ4v) is 9.26. The largest absolute Gasteiger partial charge is 0.458 e. The maximum Gasteiger partial charge on any atom is 0.252 e. The minimum absolute atomic E-state index is 0.0424. The Morgan fingerprint density at radius 2 is 1.23 bits per heavy atom. The summed E-state index contributed by atoms with van der Waals surface area (Å²) < 4.78 is 6.76. The van der Waals surface area contributed by atoms with Crippen LogP contribution >= 0.6 is 0 Å². The Labute approximate surface area is 328 Å². The van der Waals surface area contributed by atoms with E-state index in [1.54, 1.807) is 0 Å². The highest BCUT2D eigenvalue weighted by molar-refractivity contribution is 7.00. The molecule has 0 fully saturated rings. The Kier molecular flexibility index (Phi) is 7.40. The maximum absolute atomic E-state index is 6.76. The van der Waals surface area contributed by atoms with Crippen LogP contribution < -0.4 is 31.1 Å². The van der Waals surface area contributed by atoms with E-state index in [2.05, 4.69) is 199 Å². The van der Waals surface area contributed by atoms with Gasteiger partial charge in [0.2, 0.25) is 0 Å². The standard InChI is InChI=1S/C51H40BN3O/c1-33-19-24-37(25-20-33)54-44-30-23-35(3)31-43(44)52-42-29-28-39(32-48(42)55(38-26-21-34(2)22-27-38)46-16-10-15-45(54)50(46)52)53(36-11-5-4-6-12-36)47-17-9-14-41-40-13-7-8-18-49(40)56-51(41)47/h4-7,9-17,19-32H,8,18H2,1-3H3. The maximum atomic E-state index is 6.76. The molecule has 8 aromatic rings. The number of benzene rings is 7. The zero-order valence-corrected chi connectivity index (χ0v) is 31.8. The van der Waals surface area contributed by atoms with Crippen molar-refractivity contribution < 1.29 is 4.42 Å². The summed E-state index contributed by atoms with van der Waals surface area (Å²) in [5.41, 5.74) is 20.1. The number of anilines is 9.